The SMILES string of the molecule is C=CCn1c(C)nnc1SC(C)/C(O)=C(\C#N)c1nc2ccccc2s1. The van der Waals surface area contributed by atoms with E-state index in [-0.39, 0.29) is 16.6 Å². The number of allylic oxidation sites excluding steroid dienone is 2. The molecule has 1 atom stereocenters. The number of aromatic nitrogens is 4. The van der Waals surface area contributed by atoms with Crippen LogP contribution in [0.5, 0.6) is 0 Å². The number of fused-ring (bicyclic) bond motifs is 1. The molecule has 3 rings (SSSR count). The molecule has 3 aromatic rings. The molecule has 0 saturated carbocycles. The molecule has 1 aromatic carbocycles. The van der Waals surface area contributed by atoms with Crippen LogP contribution < -0.4 is 0 Å². The van der Waals surface area contributed by atoms with Crippen molar-refractivity contribution in [3.8, 4) is 6.07 Å². The highest BCUT2D eigenvalue weighted by molar-refractivity contribution is 7.99. The molecule has 1 N–H and O–H groups in total. The summed E-state index contributed by atoms with van der Waals surface area (Å²) in [5, 5.41) is 29.3. The molecule has 1 unspecified atom stereocenters. The molecule has 0 aliphatic rings. The largest absolute Gasteiger partial charge is 0.510 e. The van der Waals surface area contributed by atoms with Crippen molar-refractivity contribution >= 4 is 38.9 Å². The summed E-state index contributed by atoms with van der Waals surface area (Å²) in [5.41, 5.74) is 1.01. The average Bonchev–Trinajstić information content (AvgIpc) is 3.20. The number of thioether (sulfide) groups is 1. The maximum absolute atomic E-state index is 10.7. The molecule has 2 aromatic heterocycles. The fraction of sp³-hybridized carbons (Fsp3) is 0.222. The van der Waals surface area contributed by atoms with Gasteiger partial charge in [-0.25, -0.2) is 4.98 Å². The van der Waals surface area contributed by atoms with Gasteiger partial charge in [0, 0.05) is 6.54 Å². The number of para-hydroxylation sites is 1. The first-order valence-electron chi connectivity index (χ1n) is 7.91. The van der Waals surface area contributed by atoms with Crippen molar-refractivity contribution in [1.82, 2.24) is 19.7 Å². The van der Waals surface area contributed by atoms with E-state index in [1.165, 1.54) is 23.1 Å². The van der Waals surface area contributed by atoms with E-state index in [1.807, 2.05) is 42.7 Å². The van der Waals surface area contributed by atoms with Gasteiger partial charge in [-0.3, -0.25) is 0 Å². The van der Waals surface area contributed by atoms with Crippen molar-refractivity contribution in [3.05, 3.63) is 53.5 Å². The average molecular weight is 384 g/mol. The van der Waals surface area contributed by atoms with Gasteiger partial charge >= 0.3 is 0 Å². The zero-order chi connectivity index (χ0) is 18.7. The van der Waals surface area contributed by atoms with Gasteiger partial charge in [-0.05, 0) is 26.0 Å². The van der Waals surface area contributed by atoms with Crippen LogP contribution in [0.4, 0.5) is 0 Å². The number of hydrogen-bond donors (Lipinski definition) is 1. The third-order valence-electron chi connectivity index (χ3n) is 3.76. The van der Waals surface area contributed by atoms with Crippen LogP contribution in [0.25, 0.3) is 15.8 Å². The highest BCUT2D eigenvalue weighted by Gasteiger charge is 2.21. The van der Waals surface area contributed by atoms with Crippen molar-refractivity contribution in [2.24, 2.45) is 0 Å². The van der Waals surface area contributed by atoms with Gasteiger partial charge in [-0.2, -0.15) is 5.26 Å². The van der Waals surface area contributed by atoms with Crippen LogP contribution in [-0.4, -0.2) is 30.1 Å². The lowest BCUT2D eigenvalue weighted by Crippen LogP contribution is -2.07. The lowest BCUT2D eigenvalue weighted by atomic mass is 10.2. The topological polar surface area (TPSA) is 87.6 Å². The first-order chi connectivity index (χ1) is 12.5. The lowest BCUT2D eigenvalue weighted by molar-refractivity contribution is 0.402. The highest BCUT2D eigenvalue weighted by atomic mass is 32.2. The first kappa shape index (κ1) is 18.2. The normalized spacial score (nSPS) is 13.3. The molecule has 8 heteroatoms. The number of thiazole rings is 1. The number of nitriles is 1. The Morgan fingerprint density at radius 2 is 2.23 bits per heavy atom. The number of aryl methyl sites for hydroxylation is 1. The zero-order valence-electron chi connectivity index (χ0n) is 14.4. The summed E-state index contributed by atoms with van der Waals surface area (Å²) in [6.45, 7) is 8.01. The van der Waals surface area contributed by atoms with Crippen LogP contribution >= 0.6 is 23.1 Å². The van der Waals surface area contributed by atoms with Crippen LogP contribution in [-0.2, 0) is 6.54 Å². The van der Waals surface area contributed by atoms with Crippen molar-refractivity contribution < 1.29 is 5.11 Å². The summed E-state index contributed by atoms with van der Waals surface area (Å²) in [7, 11) is 0. The van der Waals surface area contributed by atoms with Gasteiger partial charge in [-0.15, -0.1) is 28.1 Å². The first-order valence-corrected chi connectivity index (χ1v) is 9.61. The summed E-state index contributed by atoms with van der Waals surface area (Å²) in [5.74, 6) is 0.761. The molecule has 26 heavy (non-hydrogen) atoms. The van der Waals surface area contributed by atoms with E-state index in [2.05, 4.69) is 27.8 Å². The van der Waals surface area contributed by atoms with Gasteiger partial charge in [0.15, 0.2) is 5.16 Å². The summed E-state index contributed by atoms with van der Waals surface area (Å²) < 4.78 is 2.88. The number of aliphatic hydroxyl groups is 1. The number of hydrogen-bond acceptors (Lipinski definition) is 7. The van der Waals surface area contributed by atoms with E-state index in [4.69, 9.17) is 0 Å². The molecule has 0 spiro atoms. The highest BCUT2D eigenvalue weighted by Crippen LogP contribution is 2.33. The molecular formula is C18H17N5OS2. The second-order valence-electron chi connectivity index (χ2n) is 5.55. The predicted molar refractivity (Wildman–Crippen MR) is 105 cm³/mol. The van der Waals surface area contributed by atoms with Crippen molar-refractivity contribution in [2.45, 2.75) is 30.8 Å². The summed E-state index contributed by atoms with van der Waals surface area (Å²) in [6.07, 6.45) is 1.77. The predicted octanol–water partition coefficient (Wildman–Crippen LogP) is 4.36. The number of benzene rings is 1. The van der Waals surface area contributed by atoms with E-state index < -0.39 is 0 Å². The molecule has 0 amide bonds. The molecule has 6 nitrogen and oxygen atoms in total. The number of aliphatic hydroxyl groups excluding tert-OH is 1. The van der Waals surface area contributed by atoms with E-state index in [1.54, 1.807) is 6.08 Å². The summed E-state index contributed by atoms with van der Waals surface area (Å²) >= 11 is 2.73. The number of nitrogens with zero attached hydrogens (tertiary/aromatic N) is 5. The quantitative estimate of drug-likeness (QED) is 0.295. The molecule has 2 heterocycles. The van der Waals surface area contributed by atoms with Gasteiger partial charge in [0.1, 0.15) is 28.2 Å². The molecular weight excluding hydrogens is 366 g/mol. The Bertz CT molecular complexity index is 995. The summed E-state index contributed by atoms with van der Waals surface area (Å²) in [4.78, 5) is 4.47. The minimum absolute atomic E-state index is 0.0117. The zero-order valence-corrected chi connectivity index (χ0v) is 16.0. The number of rotatable bonds is 6. The van der Waals surface area contributed by atoms with E-state index in [0.717, 1.165) is 16.0 Å². The second-order valence-corrected chi connectivity index (χ2v) is 7.89. The second kappa shape index (κ2) is 7.72. The monoisotopic (exact) mass is 383 g/mol. The minimum Gasteiger partial charge on any atom is -0.510 e. The lowest BCUT2D eigenvalue weighted by Gasteiger charge is -2.12. The fourth-order valence-corrected chi connectivity index (χ4v) is 4.34. The molecule has 0 saturated heterocycles. The molecule has 0 fully saturated rings. The van der Waals surface area contributed by atoms with Crippen LogP contribution in [0.15, 0.2) is 47.8 Å². The fourth-order valence-electron chi connectivity index (χ4n) is 2.40. The van der Waals surface area contributed by atoms with Crippen LogP contribution in [0.3, 0.4) is 0 Å². The van der Waals surface area contributed by atoms with E-state index >= 15 is 0 Å². The third-order valence-corrected chi connectivity index (χ3v) is 5.90. The minimum atomic E-state index is -0.371. The van der Waals surface area contributed by atoms with Gasteiger partial charge in [0.05, 0.1) is 15.5 Å². The van der Waals surface area contributed by atoms with Gasteiger partial charge in [-0.1, -0.05) is 30.0 Å². The van der Waals surface area contributed by atoms with E-state index in [9.17, 15) is 10.4 Å². The van der Waals surface area contributed by atoms with Gasteiger partial charge < -0.3 is 9.67 Å². The molecule has 132 valence electrons. The Hall–Kier alpha value is -2.63. The smallest absolute Gasteiger partial charge is 0.192 e. The Morgan fingerprint density at radius 1 is 1.46 bits per heavy atom. The van der Waals surface area contributed by atoms with Gasteiger partial charge in [0.2, 0.25) is 0 Å². The maximum Gasteiger partial charge on any atom is 0.192 e. The van der Waals surface area contributed by atoms with Gasteiger partial charge in [0.25, 0.3) is 0 Å². The van der Waals surface area contributed by atoms with E-state index in [0.29, 0.717) is 16.7 Å². The molecule has 0 aliphatic carbocycles. The Morgan fingerprint density at radius 3 is 2.92 bits per heavy atom. The van der Waals surface area contributed by atoms with Crippen molar-refractivity contribution in [2.75, 3.05) is 0 Å². The maximum atomic E-state index is 10.7. The standard InChI is InChI=1S/C18H17N5OS2/c1-4-9-23-12(3)21-22-18(23)25-11(2)16(24)13(10-19)17-20-14-7-5-6-8-15(14)26-17/h4-8,11,24H,1,9H2,2-3H3/b16-13-. The molecule has 0 aliphatic heterocycles. The van der Waals surface area contributed by atoms with Crippen LogP contribution in [0, 0.1) is 18.3 Å². The van der Waals surface area contributed by atoms with Crippen LogP contribution in [0.1, 0.15) is 17.8 Å². The molecule has 0 radical (unpaired) electrons. The van der Waals surface area contributed by atoms with Crippen molar-refractivity contribution in [1.29, 1.82) is 5.26 Å². The third kappa shape index (κ3) is 3.49. The summed E-state index contributed by atoms with van der Waals surface area (Å²) in [6, 6.07) is 9.75. The van der Waals surface area contributed by atoms with Crippen LogP contribution in [0.2, 0.25) is 0 Å². The Balaban J connectivity index is 1.92. The Labute approximate surface area is 159 Å². The molecule has 0 bridgehead atoms. The Kier molecular flexibility index (Phi) is 5.40. The van der Waals surface area contributed by atoms with Crippen molar-refractivity contribution in [3.63, 3.8) is 0 Å².